The number of fused-ring (bicyclic) bond motifs is 1. The van der Waals surface area contributed by atoms with E-state index in [0.717, 1.165) is 0 Å². The third-order valence-electron chi connectivity index (χ3n) is 3.58. The predicted molar refractivity (Wildman–Crippen MR) is 90.8 cm³/mol. The molecule has 0 spiro atoms. The van der Waals surface area contributed by atoms with Crippen LogP contribution in [0, 0.1) is 0 Å². The molecule has 1 N–H and O–H groups in total. The van der Waals surface area contributed by atoms with Crippen molar-refractivity contribution < 1.29 is 4.79 Å². The van der Waals surface area contributed by atoms with E-state index in [0.29, 0.717) is 21.6 Å². The van der Waals surface area contributed by atoms with Crippen molar-refractivity contribution in [3.05, 3.63) is 70.2 Å². The third kappa shape index (κ3) is 3.10. The van der Waals surface area contributed by atoms with Gasteiger partial charge in [0.2, 0.25) is 5.91 Å². The third-order valence-corrected chi connectivity index (χ3v) is 3.81. The van der Waals surface area contributed by atoms with Crippen molar-refractivity contribution >= 4 is 34.1 Å². The van der Waals surface area contributed by atoms with Gasteiger partial charge in [0.05, 0.1) is 17.2 Å². The first-order chi connectivity index (χ1) is 11.1. The Morgan fingerprint density at radius 1 is 1.22 bits per heavy atom. The Morgan fingerprint density at radius 2 is 2.00 bits per heavy atom. The number of carbonyl (C=O) groups is 1. The van der Waals surface area contributed by atoms with Crippen LogP contribution in [0.25, 0.3) is 10.9 Å². The van der Waals surface area contributed by atoms with Crippen LogP contribution >= 0.6 is 11.6 Å². The van der Waals surface area contributed by atoms with Crippen molar-refractivity contribution in [3.8, 4) is 0 Å². The molecule has 0 aliphatic heterocycles. The number of aromatic nitrogens is 2. The summed E-state index contributed by atoms with van der Waals surface area (Å²) >= 11 is 5.90. The molecule has 23 heavy (non-hydrogen) atoms. The fraction of sp³-hybridized carbons (Fsp3) is 0.118. The lowest BCUT2D eigenvalue weighted by atomic mass is 10.2. The zero-order chi connectivity index (χ0) is 16.4. The highest BCUT2D eigenvalue weighted by atomic mass is 35.5. The Labute approximate surface area is 137 Å². The van der Waals surface area contributed by atoms with Gasteiger partial charge in [-0.25, -0.2) is 4.98 Å². The summed E-state index contributed by atoms with van der Waals surface area (Å²) in [5, 5.41) is 3.76. The molecule has 1 atom stereocenters. The average Bonchev–Trinajstić information content (AvgIpc) is 2.55. The lowest BCUT2D eigenvalue weighted by molar-refractivity contribution is -0.118. The van der Waals surface area contributed by atoms with E-state index < -0.39 is 6.04 Å². The highest BCUT2D eigenvalue weighted by Crippen LogP contribution is 2.16. The van der Waals surface area contributed by atoms with E-state index in [1.165, 1.54) is 10.9 Å². The van der Waals surface area contributed by atoms with E-state index in [9.17, 15) is 9.59 Å². The van der Waals surface area contributed by atoms with Gasteiger partial charge in [0.15, 0.2) is 0 Å². The molecule has 2 aromatic carbocycles. The molecule has 6 heteroatoms. The highest BCUT2D eigenvalue weighted by Gasteiger charge is 2.17. The molecular weight excluding hydrogens is 314 g/mol. The van der Waals surface area contributed by atoms with Crippen molar-refractivity contribution in [2.75, 3.05) is 5.32 Å². The SMILES string of the molecule is C[C@@H](C(=O)Nc1cccc(Cl)c1)n1cnc2ccccc2c1=O. The Bertz CT molecular complexity index is 936. The van der Waals surface area contributed by atoms with Crippen molar-refractivity contribution in [2.24, 2.45) is 0 Å². The topological polar surface area (TPSA) is 64.0 Å². The minimum Gasteiger partial charge on any atom is -0.324 e. The minimum absolute atomic E-state index is 0.246. The Hall–Kier alpha value is -2.66. The zero-order valence-electron chi connectivity index (χ0n) is 12.4. The maximum absolute atomic E-state index is 12.5. The van der Waals surface area contributed by atoms with Crippen molar-refractivity contribution in [1.29, 1.82) is 0 Å². The summed E-state index contributed by atoms with van der Waals surface area (Å²) in [6.45, 7) is 1.65. The number of nitrogens with one attached hydrogen (secondary N) is 1. The molecule has 3 aromatic rings. The van der Waals surface area contributed by atoms with Gasteiger partial charge in [-0.05, 0) is 37.3 Å². The summed E-state index contributed by atoms with van der Waals surface area (Å²) in [5.74, 6) is -0.313. The van der Waals surface area contributed by atoms with Crippen LogP contribution in [0.15, 0.2) is 59.7 Å². The molecule has 0 aliphatic rings. The second-order valence-electron chi connectivity index (χ2n) is 5.15. The molecule has 0 fully saturated rings. The molecule has 3 rings (SSSR count). The van der Waals surface area contributed by atoms with E-state index in [1.807, 2.05) is 6.07 Å². The maximum Gasteiger partial charge on any atom is 0.261 e. The van der Waals surface area contributed by atoms with Crippen molar-refractivity contribution in [2.45, 2.75) is 13.0 Å². The number of halogens is 1. The van der Waals surface area contributed by atoms with E-state index in [1.54, 1.807) is 49.4 Å². The molecule has 0 saturated carbocycles. The standard InChI is InChI=1S/C17H14ClN3O2/c1-11(16(22)20-13-6-4-5-12(18)9-13)21-10-19-15-8-3-2-7-14(15)17(21)23/h2-11H,1H3,(H,20,22)/t11-/m0/s1. The van der Waals surface area contributed by atoms with Gasteiger partial charge in [0.1, 0.15) is 6.04 Å². The molecule has 0 saturated heterocycles. The summed E-state index contributed by atoms with van der Waals surface area (Å²) in [6, 6.07) is 13.2. The summed E-state index contributed by atoms with van der Waals surface area (Å²) in [5.41, 5.74) is 0.941. The average molecular weight is 328 g/mol. The quantitative estimate of drug-likeness (QED) is 0.803. The molecule has 0 bridgehead atoms. The second-order valence-corrected chi connectivity index (χ2v) is 5.59. The molecule has 116 valence electrons. The highest BCUT2D eigenvalue weighted by molar-refractivity contribution is 6.30. The largest absolute Gasteiger partial charge is 0.324 e. The number of amides is 1. The van der Waals surface area contributed by atoms with Gasteiger partial charge in [0, 0.05) is 10.7 Å². The van der Waals surface area contributed by atoms with E-state index in [2.05, 4.69) is 10.3 Å². The summed E-state index contributed by atoms with van der Waals surface area (Å²) < 4.78 is 1.32. The van der Waals surface area contributed by atoms with Gasteiger partial charge in [-0.15, -0.1) is 0 Å². The number of benzene rings is 2. The van der Waals surface area contributed by atoms with Gasteiger partial charge in [-0.3, -0.25) is 14.2 Å². The fourth-order valence-electron chi connectivity index (χ4n) is 2.30. The van der Waals surface area contributed by atoms with Crippen LogP contribution < -0.4 is 10.9 Å². The number of anilines is 1. The van der Waals surface area contributed by atoms with Crippen molar-refractivity contribution in [1.82, 2.24) is 9.55 Å². The molecule has 0 radical (unpaired) electrons. The molecule has 1 amide bonds. The van der Waals surface area contributed by atoms with E-state index >= 15 is 0 Å². The summed E-state index contributed by atoms with van der Waals surface area (Å²) in [6.07, 6.45) is 1.40. The van der Waals surface area contributed by atoms with Crippen LogP contribution in [-0.2, 0) is 4.79 Å². The van der Waals surface area contributed by atoms with Gasteiger partial charge in [-0.1, -0.05) is 29.8 Å². The Morgan fingerprint density at radius 3 is 2.78 bits per heavy atom. The molecule has 5 nitrogen and oxygen atoms in total. The second kappa shape index (κ2) is 6.22. The van der Waals surface area contributed by atoms with E-state index in [-0.39, 0.29) is 11.5 Å². The van der Waals surface area contributed by atoms with Crippen LogP contribution in [-0.4, -0.2) is 15.5 Å². The maximum atomic E-state index is 12.5. The summed E-state index contributed by atoms with van der Waals surface area (Å²) in [7, 11) is 0. The van der Waals surface area contributed by atoms with Crippen LogP contribution in [0.3, 0.4) is 0 Å². The van der Waals surface area contributed by atoms with Gasteiger partial charge >= 0.3 is 0 Å². The number of carbonyl (C=O) groups excluding carboxylic acids is 1. The van der Waals surface area contributed by atoms with Gasteiger partial charge in [-0.2, -0.15) is 0 Å². The molecule has 1 heterocycles. The fourth-order valence-corrected chi connectivity index (χ4v) is 2.49. The number of hydrogen-bond acceptors (Lipinski definition) is 3. The number of rotatable bonds is 3. The lowest BCUT2D eigenvalue weighted by Crippen LogP contribution is -2.31. The van der Waals surface area contributed by atoms with Crippen molar-refractivity contribution in [3.63, 3.8) is 0 Å². The Balaban J connectivity index is 1.90. The first-order valence-electron chi connectivity index (χ1n) is 7.08. The molecule has 0 unspecified atom stereocenters. The molecule has 0 aliphatic carbocycles. The molecule has 1 aromatic heterocycles. The van der Waals surface area contributed by atoms with Crippen LogP contribution in [0.2, 0.25) is 5.02 Å². The van der Waals surface area contributed by atoms with Crippen LogP contribution in [0.1, 0.15) is 13.0 Å². The van der Waals surface area contributed by atoms with E-state index in [4.69, 9.17) is 11.6 Å². The molecular formula is C17H14ClN3O2. The van der Waals surface area contributed by atoms with Gasteiger partial charge in [0.25, 0.3) is 5.56 Å². The Kier molecular flexibility index (Phi) is 4.12. The smallest absolute Gasteiger partial charge is 0.261 e. The normalized spacial score (nSPS) is 12.1. The first kappa shape index (κ1) is 15.2. The van der Waals surface area contributed by atoms with Gasteiger partial charge < -0.3 is 5.32 Å². The van der Waals surface area contributed by atoms with Crippen LogP contribution in [0.5, 0.6) is 0 Å². The minimum atomic E-state index is -0.696. The monoisotopic (exact) mass is 327 g/mol. The number of para-hydroxylation sites is 1. The number of nitrogens with zero attached hydrogens (tertiary/aromatic N) is 2. The predicted octanol–water partition coefficient (Wildman–Crippen LogP) is 3.25. The lowest BCUT2D eigenvalue weighted by Gasteiger charge is -2.15. The number of hydrogen-bond donors (Lipinski definition) is 1. The zero-order valence-corrected chi connectivity index (χ0v) is 13.1. The summed E-state index contributed by atoms with van der Waals surface area (Å²) in [4.78, 5) is 29.1. The first-order valence-corrected chi connectivity index (χ1v) is 7.46. The van der Waals surface area contributed by atoms with Crippen LogP contribution in [0.4, 0.5) is 5.69 Å².